The Kier molecular flexibility index (Phi) is 3.87. The predicted octanol–water partition coefficient (Wildman–Crippen LogP) is 4.63. The van der Waals surface area contributed by atoms with Crippen molar-refractivity contribution in [2.24, 2.45) is 5.73 Å². The molecular weight excluding hydrogens is 308 g/mol. The van der Waals surface area contributed by atoms with Gasteiger partial charge in [0.1, 0.15) is 17.4 Å². The molecule has 0 aromatic heterocycles. The van der Waals surface area contributed by atoms with Gasteiger partial charge >= 0.3 is 0 Å². The summed E-state index contributed by atoms with van der Waals surface area (Å²) < 4.78 is 5.90. The summed E-state index contributed by atoms with van der Waals surface area (Å²) in [7, 11) is 0. The molecule has 2 N–H and O–H groups in total. The lowest BCUT2D eigenvalue weighted by Gasteiger charge is -2.26. The van der Waals surface area contributed by atoms with E-state index in [-0.39, 0.29) is 11.8 Å². The van der Waals surface area contributed by atoms with Crippen molar-refractivity contribution < 1.29 is 4.74 Å². The van der Waals surface area contributed by atoms with Crippen LogP contribution in [-0.4, -0.2) is 0 Å². The molecule has 3 nitrogen and oxygen atoms in total. The van der Waals surface area contributed by atoms with Crippen LogP contribution in [0.3, 0.4) is 0 Å². The van der Waals surface area contributed by atoms with Crippen LogP contribution in [0.15, 0.2) is 89.0 Å². The normalized spacial score (nSPS) is 21.1. The molecule has 4 rings (SSSR count). The first-order valence-corrected chi connectivity index (χ1v) is 8.39. The Balaban J connectivity index is 1.81. The molecular formula is C22H18N2O. The molecule has 2 aliphatic rings. The van der Waals surface area contributed by atoms with Crippen molar-refractivity contribution in [3.8, 4) is 6.07 Å². The molecule has 122 valence electrons. The Labute approximate surface area is 147 Å². The highest BCUT2D eigenvalue weighted by atomic mass is 16.5. The van der Waals surface area contributed by atoms with Gasteiger partial charge in [-0.1, -0.05) is 60.7 Å². The third-order valence-corrected chi connectivity index (χ3v) is 4.76. The average molecular weight is 326 g/mol. The van der Waals surface area contributed by atoms with Gasteiger partial charge in [0.25, 0.3) is 0 Å². The largest absolute Gasteiger partial charge is 0.440 e. The van der Waals surface area contributed by atoms with E-state index in [0.29, 0.717) is 5.57 Å². The van der Waals surface area contributed by atoms with Crippen LogP contribution in [0.5, 0.6) is 0 Å². The highest BCUT2D eigenvalue weighted by Gasteiger charge is 2.36. The Bertz CT molecular complexity index is 931. The van der Waals surface area contributed by atoms with E-state index >= 15 is 0 Å². The fourth-order valence-electron chi connectivity index (χ4n) is 3.61. The summed E-state index contributed by atoms with van der Waals surface area (Å²) >= 11 is 0. The average Bonchev–Trinajstić information content (AvgIpc) is 3.04. The highest BCUT2D eigenvalue weighted by Crippen LogP contribution is 2.48. The van der Waals surface area contributed by atoms with Gasteiger partial charge in [0.05, 0.1) is 0 Å². The number of nitrogens with two attached hydrogens (primary N) is 1. The molecule has 2 aromatic rings. The minimum Gasteiger partial charge on any atom is -0.440 e. The van der Waals surface area contributed by atoms with Crippen molar-refractivity contribution in [2.75, 3.05) is 0 Å². The minimum absolute atomic E-state index is 0.114. The zero-order valence-corrected chi connectivity index (χ0v) is 13.8. The van der Waals surface area contributed by atoms with E-state index in [1.54, 1.807) is 0 Å². The Morgan fingerprint density at radius 2 is 1.68 bits per heavy atom. The monoisotopic (exact) mass is 326 g/mol. The van der Waals surface area contributed by atoms with Gasteiger partial charge in [-0.2, -0.15) is 5.26 Å². The van der Waals surface area contributed by atoms with Crippen molar-refractivity contribution in [3.05, 3.63) is 100 Å². The van der Waals surface area contributed by atoms with Crippen LogP contribution in [0.25, 0.3) is 6.08 Å². The van der Waals surface area contributed by atoms with Crippen LogP contribution in [-0.2, 0) is 4.74 Å². The standard InChI is InChI=1S/C22H18N2O/c23-14-19-20(16-9-5-2-6-10-16)18-12-11-17(21(18)25-22(19)24)13-15-7-3-1-4-8-15/h1-10,13,20H,11-12,24H2. The number of rotatable bonds is 2. The third kappa shape index (κ3) is 2.72. The number of benzene rings is 2. The van der Waals surface area contributed by atoms with E-state index in [9.17, 15) is 5.26 Å². The second-order valence-corrected chi connectivity index (χ2v) is 6.27. The lowest BCUT2D eigenvalue weighted by molar-refractivity contribution is 0.292. The molecule has 0 fully saturated rings. The van der Waals surface area contributed by atoms with Gasteiger partial charge in [-0.3, -0.25) is 0 Å². The molecule has 0 bridgehead atoms. The summed E-state index contributed by atoms with van der Waals surface area (Å²) in [4.78, 5) is 0. The summed E-state index contributed by atoms with van der Waals surface area (Å²) in [5, 5.41) is 9.61. The number of hydrogen-bond donors (Lipinski definition) is 1. The summed E-state index contributed by atoms with van der Waals surface area (Å²) in [5.74, 6) is 0.946. The van der Waals surface area contributed by atoms with Crippen LogP contribution in [0.4, 0.5) is 0 Å². The lowest BCUT2D eigenvalue weighted by atomic mass is 9.83. The molecule has 1 aliphatic carbocycles. The van der Waals surface area contributed by atoms with Crippen molar-refractivity contribution in [3.63, 3.8) is 0 Å². The van der Waals surface area contributed by atoms with Crippen molar-refractivity contribution in [1.82, 2.24) is 0 Å². The predicted molar refractivity (Wildman–Crippen MR) is 97.8 cm³/mol. The van der Waals surface area contributed by atoms with Crippen molar-refractivity contribution in [2.45, 2.75) is 18.8 Å². The maximum atomic E-state index is 9.61. The van der Waals surface area contributed by atoms with Gasteiger partial charge in [0.2, 0.25) is 5.88 Å². The van der Waals surface area contributed by atoms with E-state index in [1.165, 1.54) is 0 Å². The number of ether oxygens (including phenoxy) is 1. The summed E-state index contributed by atoms with van der Waals surface area (Å²) in [6, 6.07) is 22.5. The molecule has 0 spiro atoms. The molecule has 1 atom stereocenters. The maximum Gasteiger partial charge on any atom is 0.205 e. The van der Waals surface area contributed by atoms with Crippen LogP contribution in [0, 0.1) is 11.3 Å². The van der Waals surface area contributed by atoms with Gasteiger partial charge in [0.15, 0.2) is 0 Å². The van der Waals surface area contributed by atoms with Gasteiger partial charge < -0.3 is 10.5 Å². The van der Waals surface area contributed by atoms with E-state index in [2.05, 4.69) is 24.3 Å². The number of allylic oxidation sites excluding steroid dienone is 3. The Morgan fingerprint density at radius 3 is 2.36 bits per heavy atom. The molecule has 2 aromatic carbocycles. The fourth-order valence-corrected chi connectivity index (χ4v) is 3.61. The molecule has 0 amide bonds. The first-order chi connectivity index (χ1) is 12.3. The molecule has 25 heavy (non-hydrogen) atoms. The molecule has 0 saturated carbocycles. The maximum absolute atomic E-state index is 9.61. The van der Waals surface area contributed by atoms with Gasteiger partial charge in [-0.25, -0.2) is 0 Å². The highest BCUT2D eigenvalue weighted by molar-refractivity contribution is 5.63. The Hall–Kier alpha value is -3.25. The van der Waals surface area contributed by atoms with Crippen molar-refractivity contribution >= 4 is 6.08 Å². The zero-order valence-electron chi connectivity index (χ0n) is 13.8. The quantitative estimate of drug-likeness (QED) is 0.875. The van der Waals surface area contributed by atoms with Crippen LogP contribution < -0.4 is 5.73 Å². The van der Waals surface area contributed by atoms with Gasteiger partial charge in [-0.15, -0.1) is 0 Å². The van der Waals surface area contributed by atoms with Crippen LogP contribution >= 0.6 is 0 Å². The van der Waals surface area contributed by atoms with Crippen LogP contribution in [0.2, 0.25) is 0 Å². The molecule has 1 aliphatic heterocycles. The lowest BCUT2D eigenvalue weighted by Crippen LogP contribution is -2.19. The fraction of sp³-hybridized carbons (Fsp3) is 0.136. The van der Waals surface area contributed by atoms with Gasteiger partial charge in [0, 0.05) is 5.92 Å². The molecule has 3 heteroatoms. The van der Waals surface area contributed by atoms with Crippen LogP contribution in [0.1, 0.15) is 29.9 Å². The van der Waals surface area contributed by atoms with E-state index < -0.39 is 0 Å². The Morgan fingerprint density at radius 1 is 1.00 bits per heavy atom. The first-order valence-electron chi connectivity index (χ1n) is 8.39. The second kappa shape index (κ2) is 6.33. The van der Waals surface area contributed by atoms with E-state index in [0.717, 1.165) is 40.9 Å². The zero-order chi connectivity index (χ0) is 17.2. The molecule has 1 heterocycles. The number of nitrogens with zero attached hydrogens (tertiary/aromatic N) is 1. The van der Waals surface area contributed by atoms with E-state index in [4.69, 9.17) is 10.5 Å². The van der Waals surface area contributed by atoms with E-state index in [1.807, 2.05) is 48.5 Å². The first kappa shape index (κ1) is 15.3. The van der Waals surface area contributed by atoms with Crippen molar-refractivity contribution in [1.29, 1.82) is 5.26 Å². The summed E-state index contributed by atoms with van der Waals surface area (Å²) in [6.45, 7) is 0. The molecule has 1 unspecified atom stereocenters. The van der Waals surface area contributed by atoms with Gasteiger partial charge in [-0.05, 0) is 41.2 Å². The summed E-state index contributed by atoms with van der Waals surface area (Å²) in [6.07, 6.45) is 3.93. The minimum atomic E-state index is -0.114. The number of nitriles is 1. The molecule has 0 saturated heterocycles. The number of hydrogen-bond acceptors (Lipinski definition) is 3. The SMILES string of the molecule is N#CC1=C(N)OC2=C(CCC2=Cc2ccccc2)C1c1ccccc1. The molecule has 0 radical (unpaired) electrons. The third-order valence-electron chi connectivity index (χ3n) is 4.76. The topological polar surface area (TPSA) is 59.0 Å². The smallest absolute Gasteiger partial charge is 0.205 e. The summed E-state index contributed by atoms with van der Waals surface area (Å²) in [5.41, 5.74) is 11.1. The second-order valence-electron chi connectivity index (χ2n) is 6.27.